The Hall–Kier alpha value is -1.32. The molecule has 134 valence electrons. The molecule has 1 aromatic heterocycles. The normalized spacial score (nSPS) is 24.3. The first-order valence-electron chi connectivity index (χ1n) is 6.91. The van der Waals surface area contributed by atoms with Crippen LogP contribution in [0, 0.1) is 0 Å². The van der Waals surface area contributed by atoms with Crippen LogP contribution in [0.2, 0.25) is 0 Å². The third-order valence-corrected chi connectivity index (χ3v) is 6.13. The molecule has 2 aliphatic rings. The smallest absolute Gasteiger partial charge is 0.543 e. The average Bonchev–Trinajstić information content (AvgIpc) is 3.06. The van der Waals surface area contributed by atoms with Crippen molar-refractivity contribution < 1.29 is 49.0 Å². The zero-order valence-electron chi connectivity index (χ0n) is 13.8. The summed E-state index contributed by atoms with van der Waals surface area (Å²) in [6.45, 7) is 0. The van der Waals surface area contributed by atoms with Gasteiger partial charge in [0.1, 0.15) is 5.37 Å². The number of nitrogens with one attached hydrogen (secondary N) is 2. The number of nitrogens with zero attached hydrogens (tertiary/aromatic N) is 5. The standard InChI is InChI=1S/C11H14N8O4S2.Na/c1-13-19-10(15-16-17-19)25-3-5-2-24-9-11(12,14-4-20)8(23)18(9)6(5)7(21)22;/h4,9,13H,2-3,12H2,1H3,(H,14,20)(H,21,22);/q;+1/p-1/t9-,11+;/m1./s1. The molecule has 1 fully saturated rings. The second kappa shape index (κ2) is 8.14. The van der Waals surface area contributed by atoms with Gasteiger partial charge in [-0.05, 0) is 16.0 Å². The molecule has 0 bridgehead atoms. The number of thioether (sulfide) groups is 2. The van der Waals surface area contributed by atoms with Crippen LogP contribution >= 0.6 is 23.5 Å². The molecule has 0 radical (unpaired) electrons. The summed E-state index contributed by atoms with van der Waals surface area (Å²) >= 11 is 2.47. The molecule has 2 atom stereocenters. The van der Waals surface area contributed by atoms with Gasteiger partial charge in [-0.15, -0.1) is 16.6 Å². The van der Waals surface area contributed by atoms with Crippen molar-refractivity contribution in [3.63, 3.8) is 0 Å². The number of rotatable bonds is 7. The van der Waals surface area contributed by atoms with E-state index in [1.54, 1.807) is 7.05 Å². The molecular weight excluding hydrogens is 395 g/mol. The number of hydrogen-bond acceptors (Lipinski definition) is 11. The fourth-order valence-corrected chi connectivity index (χ4v) is 4.93. The van der Waals surface area contributed by atoms with Gasteiger partial charge < -0.3 is 20.6 Å². The summed E-state index contributed by atoms with van der Waals surface area (Å²) < 4.78 is 0. The summed E-state index contributed by atoms with van der Waals surface area (Å²) in [6, 6.07) is 0. The van der Waals surface area contributed by atoms with E-state index in [9.17, 15) is 19.5 Å². The van der Waals surface area contributed by atoms with Crippen LogP contribution in [0.5, 0.6) is 0 Å². The van der Waals surface area contributed by atoms with Crippen LogP contribution in [0.4, 0.5) is 0 Å². The average molecular weight is 408 g/mol. The molecule has 0 spiro atoms. The zero-order chi connectivity index (χ0) is 18.2. The van der Waals surface area contributed by atoms with E-state index in [-0.39, 0.29) is 41.0 Å². The number of nitrogens with two attached hydrogens (primary N) is 1. The minimum Gasteiger partial charge on any atom is -0.543 e. The van der Waals surface area contributed by atoms with Crippen LogP contribution in [0.15, 0.2) is 16.4 Å². The molecule has 0 aromatic carbocycles. The molecule has 15 heteroatoms. The Labute approximate surface area is 177 Å². The maximum atomic E-state index is 12.3. The summed E-state index contributed by atoms with van der Waals surface area (Å²) in [5.74, 6) is -1.62. The summed E-state index contributed by atoms with van der Waals surface area (Å²) in [5.41, 5.74) is 7.27. The molecule has 0 aliphatic carbocycles. The van der Waals surface area contributed by atoms with E-state index in [1.165, 1.54) is 28.3 Å². The Morgan fingerprint density at radius 3 is 2.96 bits per heavy atom. The van der Waals surface area contributed by atoms with E-state index in [0.717, 1.165) is 4.90 Å². The van der Waals surface area contributed by atoms with Gasteiger partial charge in [-0.3, -0.25) is 20.2 Å². The van der Waals surface area contributed by atoms with Gasteiger partial charge >= 0.3 is 29.6 Å². The van der Waals surface area contributed by atoms with Gasteiger partial charge in [-0.25, -0.2) is 0 Å². The van der Waals surface area contributed by atoms with Crippen molar-refractivity contribution >= 4 is 41.8 Å². The number of aliphatic carboxylic acids is 1. The monoisotopic (exact) mass is 408 g/mol. The number of amides is 2. The van der Waals surface area contributed by atoms with Gasteiger partial charge in [-0.2, -0.15) is 0 Å². The van der Waals surface area contributed by atoms with Crippen molar-refractivity contribution in [1.82, 2.24) is 30.5 Å². The Bertz CT molecular complexity index is 773. The van der Waals surface area contributed by atoms with E-state index in [0.29, 0.717) is 22.9 Å². The quantitative estimate of drug-likeness (QED) is 0.129. The SMILES string of the molecule is CNn1nnnc1SCC1=C(C(=O)[O-])N2C(=O)[C@](N)(NC=O)[C@H]2SC1.[Na+]. The number of β-lactam (4-membered cyclic amide) rings is 1. The Morgan fingerprint density at radius 1 is 1.62 bits per heavy atom. The second-order valence-corrected chi connectivity index (χ2v) is 7.11. The number of tetrazole rings is 1. The summed E-state index contributed by atoms with van der Waals surface area (Å²) in [6.07, 6.45) is 0.321. The molecule has 3 rings (SSSR count). The number of carboxylic acid groups (broad SMARTS) is 1. The van der Waals surface area contributed by atoms with E-state index < -0.39 is 22.9 Å². The van der Waals surface area contributed by atoms with Crippen LogP contribution in [-0.4, -0.2) is 73.1 Å². The van der Waals surface area contributed by atoms with Crippen molar-refractivity contribution in [2.24, 2.45) is 5.73 Å². The van der Waals surface area contributed by atoms with Gasteiger partial charge in [-0.1, -0.05) is 16.9 Å². The number of aromatic nitrogens is 4. The largest absolute Gasteiger partial charge is 1.00 e. The van der Waals surface area contributed by atoms with Gasteiger partial charge in [0.25, 0.3) is 5.91 Å². The molecule has 12 nitrogen and oxygen atoms in total. The van der Waals surface area contributed by atoms with E-state index >= 15 is 0 Å². The van der Waals surface area contributed by atoms with Gasteiger partial charge in [0.15, 0.2) is 0 Å². The second-order valence-electron chi connectivity index (χ2n) is 5.09. The molecule has 2 amide bonds. The van der Waals surface area contributed by atoms with Crippen molar-refractivity contribution in [3.8, 4) is 0 Å². The van der Waals surface area contributed by atoms with E-state index in [2.05, 4.69) is 26.3 Å². The molecule has 4 N–H and O–H groups in total. The number of carboxylic acids is 1. The minimum atomic E-state index is -1.61. The van der Waals surface area contributed by atoms with Gasteiger partial charge in [0.05, 0.1) is 11.7 Å². The summed E-state index contributed by atoms with van der Waals surface area (Å²) in [5, 5.41) is 24.6. The molecule has 0 saturated carbocycles. The third-order valence-electron chi connectivity index (χ3n) is 3.71. The van der Waals surface area contributed by atoms with Crippen molar-refractivity contribution in [3.05, 3.63) is 11.3 Å². The fraction of sp³-hybridized carbons (Fsp3) is 0.455. The van der Waals surface area contributed by atoms with Crippen molar-refractivity contribution in [2.75, 3.05) is 24.0 Å². The fourth-order valence-electron chi connectivity index (χ4n) is 2.54. The molecule has 26 heavy (non-hydrogen) atoms. The Kier molecular flexibility index (Phi) is 6.57. The topological polar surface area (TPSA) is 171 Å². The molecule has 1 saturated heterocycles. The first kappa shape index (κ1) is 21.0. The maximum absolute atomic E-state index is 12.3. The van der Waals surface area contributed by atoms with Crippen molar-refractivity contribution in [1.29, 1.82) is 0 Å². The maximum Gasteiger partial charge on any atom is 1.00 e. The van der Waals surface area contributed by atoms with E-state index in [1.807, 2.05) is 0 Å². The van der Waals surface area contributed by atoms with Crippen LogP contribution in [0.25, 0.3) is 0 Å². The molecular formula is C11H13N8NaO4S2. The molecule has 1 aromatic rings. The number of fused-ring (bicyclic) bond motifs is 1. The molecule has 3 heterocycles. The predicted octanol–water partition coefficient (Wildman–Crippen LogP) is -6.74. The van der Waals surface area contributed by atoms with Crippen LogP contribution in [0.1, 0.15) is 0 Å². The number of carbonyl (C=O) groups is 3. The Balaban J connectivity index is 0.00000243. The van der Waals surface area contributed by atoms with Crippen LogP contribution in [-0.2, 0) is 14.4 Å². The third kappa shape index (κ3) is 3.32. The molecule has 0 unspecified atom stereocenters. The number of hydrogen-bond donors (Lipinski definition) is 3. The zero-order valence-corrected chi connectivity index (χ0v) is 17.5. The predicted molar refractivity (Wildman–Crippen MR) is 85.1 cm³/mol. The Morgan fingerprint density at radius 2 is 2.35 bits per heavy atom. The van der Waals surface area contributed by atoms with Crippen LogP contribution in [0.3, 0.4) is 0 Å². The van der Waals surface area contributed by atoms with Gasteiger partial charge in [0, 0.05) is 18.6 Å². The summed E-state index contributed by atoms with van der Waals surface area (Å²) in [7, 11) is 1.63. The first-order chi connectivity index (χ1) is 11.9. The number of carbonyl (C=O) groups excluding carboxylic acids is 3. The van der Waals surface area contributed by atoms with E-state index in [4.69, 9.17) is 5.73 Å². The van der Waals surface area contributed by atoms with Crippen molar-refractivity contribution in [2.45, 2.75) is 16.2 Å². The molecule has 2 aliphatic heterocycles. The minimum absolute atomic E-state index is 0. The van der Waals surface area contributed by atoms with Crippen LogP contribution < -0.4 is 51.1 Å². The first-order valence-corrected chi connectivity index (χ1v) is 8.95. The van der Waals surface area contributed by atoms with Gasteiger partial charge in [0.2, 0.25) is 17.2 Å². The summed E-state index contributed by atoms with van der Waals surface area (Å²) in [4.78, 5) is 36.9.